The van der Waals surface area contributed by atoms with Crippen molar-refractivity contribution in [3.63, 3.8) is 0 Å². The Bertz CT molecular complexity index is 1450. The van der Waals surface area contributed by atoms with Gasteiger partial charge in [0.1, 0.15) is 11.9 Å². The van der Waals surface area contributed by atoms with Crippen LogP contribution < -0.4 is 10.2 Å². The third-order valence-corrected chi connectivity index (χ3v) is 7.09. The molecular formula is C31H33FN4O3. The van der Waals surface area contributed by atoms with Crippen LogP contribution in [0.3, 0.4) is 0 Å². The van der Waals surface area contributed by atoms with Gasteiger partial charge >= 0.3 is 0 Å². The molecule has 1 unspecified atom stereocenters. The Balaban J connectivity index is 1.87. The van der Waals surface area contributed by atoms with Crippen LogP contribution in [0.25, 0.3) is 10.9 Å². The number of aromatic nitrogens is 2. The van der Waals surface area contributed by atoms with Gasteiger partial charge in [-0.05, 0) is 62.1 Å². The molecular weight excluding hydrogens is 495 g/mol. The molecule has 0 bridgehead atoms. The van der Waals surface area contributed by atoms with E-state index in [4.69, 9.17) is 0 Å². The molecule has 1 atom stereocenters. The van der Waals surface area contributed by atoms with Crippen LogP contribution in [0, 0.1) is 5.82 Å². The molecule has 0 spiro atoms. The zero-order valence-corrected chi connectivity index (χ0v) is 22.2. The van der Waals surface area contributed by atoms with Crippen LogP contribution in [0.1, 0.15) is 56.3 Å². The number of carbonyl (C=O) groups excluding carboxylic acids is 3. The number of hydrogen-bond donors (Lipinski definition) is 2. The van der Waals surface area contributed by atoms with Crippen molar-refractivity contribution in [3.05, 3.63) is 96.3 Å². The molecule has 2 amide bonds. The minimum atomic E-state index is -1.25. The summed E-state index contributed by atoms with van der Waals surface area (Å²) in [5.41, 5.74) is 1.98. The number of fused-ring (bicyclic) bond motifs is 1. The van der Waals surface area contributed by atoms with Crippen LogP contribution in [0.5, 0.6) is 0 Å². The molecule has 8 heteroatoms. The van der Waals surface area contributed by atoms with Crippen LogP contribution in [0.4, 0.5) is 10.1 Å². The van der Waals surface area contributed by atoms with E-state index in [1.165, 1.54) is 30.6 Å². The summed E-state index contributed by atoms with van der Waals surface area (Å²) in [6.45, 7) is 7.44. The third kappa shape index (κ3) is 6.06. The second-order valence-corrected chi connectivity index (χ2v) is 9.70. The molecule has 39 heavy (non-hydrogen) atoms. The van der Waals surface area contributed by atoms with Crippen LogP contribution in [-0.4, -0.2) is 39.6 Å². The predicted molar refractivity (Wildman–Crippen MR) is 151 cm³/mol. The molecule has 1 aliphatic rings. The van der Waals surface area contributed by atoms with Gasteiger partial charge in [0.05, 0.1) is 5.56 Å². The zero-order chi connectivity index (χ0) is 27.9. The highest BCUT2D eigenvalue weighted by Gasteiger charge is 2.38. The first-order valence-electron chi connectivity index (χ1n) is 13.2. The fourth-order valence-electron chi connectivity index (χ4n) is 5.04. The highest BCUT2D eigenvalue weighted by atomic mass is 19.1. The van der Waals surface area contributed by atoms with Gasteiger partial charge in [-0.1, -0.05) is 50.1 Å². The summed E-state index contributed by atoms with van der Waals surface area (Å²) < 4.78 is 14.5. The number of rotatable bonds is 9. The molecule has 0 saturated heterocycles. The van der Waals surface area contributed by atoms with Crippen molar-refractivity contribution in [2.45, 2.75) is 58.0 Å². The van der Waals surface area contributed by atoms with Crippen molar-refractivity contribution in [2.75, 3.05) is 4.90 Å². The first kappa shape index (κ1) is 27.7. The van der Waals surface area contributed by atoms with Crippen molar-refractivity contribution in [3.8, 4) is 0 Å². The van der Waals surface area contributed by atoms with Crippen molar-refractivity contribution in [1.82, 2.24) is 15.3 Å². The lowest BCUT2D eigenvalue weighted by atomic mass is 9.93. The van der Waals surface area contributed by atoms with Gasteiger partial charge in [-0.15, -0.1) is 0 Å². The smallest absolute Gasteiger partial charge is 0.300 e. The van der Waals surface area contributed by atoms with E-state index in [9.17, 15) is 18.8 Å². The average Bonchev–Trinajstić information content (AvgIpc) is 3.38. The van der Waals surface area contributed by atoms with E-state index in [1.54, 1.807) is 44.3 Å². The number of anilines is 1. The second kappa shape index (κ2) is 12.5. The number of aromatic amines is 1. The maximum absolute atomic E-state index is 14.5. The van der Waals surface area contributed by atoms with Crippen molar-refractivity contribution in [2.24, 2.45) is 0 Å². The number of H-pyrrole nitrogens is 1. The third-order valence-electron chi connectivity index (χ3n) is 7.09. The van der Waals surface area contributed by atoms with E-state index < -0.39 is 29.5 Å². The Morgan fingerprint density at radius 2 is 1.97 bits per heavy atom. The minimum Gasteiger partial charge on any atom is -0.360 e. The Hall–Kier alpha value is -4.33. The number of allylic oxidation sites excluding steroid dienone is 3. The topological polar surface area (TPSA) is 95.2 Å². The lowest BCUT2D eigenvalue weighted by molar-refractivity contribution is -0.125. The monoisotopic (exact) mass is 528 g/mol. The molecule has 0 aliphatic heterocycles. The predicted octanol–water partition coefficient (Wildman–Crippen LogP) is 5.81. The van der Waals surface area contributed by atoms with Crippen molar-refractivity contribution in [1.29, 1.82) is 0 Å². The van der Waals surface area contributed by atoms with Crippen molar-refractivity contribution >= 4 is 34.2 Å². The largest absolute Gasteiger partial charge is 0.360 e. The minimum absolute atomic E-state index is 0.0514. The number of amides is 2. The maximum Gasteiger partial charge on any atom is 0.300 e. The van der Waals surface area contributed by atoms with E-state index in [-0.39, 0.29) is 17.3 Å². The highest BCUT2D eigenvalue weighted by molar-refractivity contribution is 6.49. The fraction of sp³-hybridized carbons (Fsp3) is 0.290. The average molecular weight is 529 g/mol. The number of nitrogens with zero attached hydrogens (tertiary/aromatic N) is 2. The van der Waals surface area contributed by atoms with Gasteiger partial charge in [-0.25, -0.2) is 4.39 Å². The zero-order valence-electron chi connectivity index (χ0n) is 22.2. The lowest BCUT2D eigenvalue weighted by Gasteiger charge is -2.34. The molecule has 4 rings (SSSR count). The number of hydrogen-bond acceptors (Lipinski definition) is 4. The molecule has 1 aliphatic carbocycles. The Kier molecular flexibility index (Phi) is 8.86. The van der Waals surface area contributed by atoms with Gasteiger partial charge in [0, 0.05) is 41.2 Å². The Labute approximate surface area is 227 Å². The molecule has 1 aromatic carbocycles. The summed E-state index contributed by atoms with van der Waals surface area (Å²) in [5, 5.41) is 3.58. The van der Waals surface area contributed by atoms with E-state index in [1.807, 2.05) is 0 Å². The summed E-state index contributed by atoms with van der Waals surface area (Å²) in [4.78, 5) is 50.1. The normalized spacial score (nSPS) is 15.6. The number of pyridine rings is 1. The molecule has 7 nitrogen and oxygen atoms in total. The summed E-state index contributed by atoms with van der Waals surface area (Å²) in [6.07, 6.45) is 14.4. The van der Waals surface area contributed by atoms with Gasteiger partial charge < -0.3 is 10.3 Å². The fourth-order valence-corrected chi connectivity index (χ4v) is 5.04. The van der Waals surface area contributed by atoms with Gasteiger partial charge in [-0.2, -0.15) is 0 Å². The number of benzene rings is 1. The quantitative estimate of drug-likeness (QED) is 0.208. The summed E-state index contributed by atoms with van der Waals surface area (Å²) in [6, 6.07) is 5.75. The number of halogens is 1. The lowest BCUT2D eigenvalue weighted by Crippen LogP contribution is -2.55. The molecule has 1 fully saturated rings. The molecule has 2 aromatic heterocycles. The second-order valence-electron chi connectivity index (χ2n) is 9.70. The Morgan fingerprint density at radius 1 is 1.21 bits per heavy atom. The van der Waals surface area contributed by atoms with Crippen LogP contribution in [-0.2, 0) is 9.59 Å². The van der Waals surface area contributed by atoms with Gasteiger partial charge in [-0.3, -0.25) is 24.3 Å². The maximum atomic E-state index is 14.5. The SMILES string of the molecule is C=C/C(C)=C(\C=C/C)C(C(=O)NC1CCCCC1)N(C(=O)C(=O)c1c[nH]c2ccncc12)c1cccc(F)c1. The van der Waals surface area contributed by atoms with Gasteiger partial charge in [0.2, 0.25) is 5.91 Å². The molecule has 3 aromatic rings. The number of ketones is 1. The summed E-state index contributed by atoms with van der Waals surface area (Å²) in [5.74, 6) is -2.85. The van der Waals surface area contributed by atoms with E-state index in [0.717, 1.165) is 43.1 Å². The molecule has 1 saturated carbocycles. The van der Waals surface area contributed by atoms with E-state index in [0.29, 0.717) is 22.0 Å². The van der Waals surface area contributed by atoms with Crippen molar-refractivity contribution < 1.29 is 18.8 Å². The standard InChI is InChI=1S/C31H33FN4O3/c1-4-10-24(20(3)5-2)28(30(38)35-22-12-7-6-8-13-22)36(23-14-9-11-21(32)17-23)31(39)29(37)26-19-34-27-15-16-33-18-25(26)27/h4-5,9-11,14-19,22,28,34H,2,6-8,12-13H2,1,3H3,(H,35,38)/b10-4-,24-20+. The number of nitrogens with one attached hydrogen (secondary N) is 2. The molecule has 202 valence electrons. The first-order chi connectivity index (χ1) is 18.8. The molecule has 2 N–H and O–H groups in total. The van der Waals surface area contributed by atoms with E-state index >= 15 is 0 Å². The van der Waals surface area contributed by atoms with Crippen LogP contribution in [0.15, 0.2) is 84.9 Å². The highest BCUT2D eigenvalue weighted by Crippen LogP contribution is 2.28. The first-order valence-corrected chi connectivity index (χ1v) is 13.2. The molecule has 2 heterocycles. The number of Topliss-reactive ketones (excluding diaryl/α,β-unsaturated/α-hetero) is 1. The van der Waals surface area contributed by atoms with Crippen LogP contribution >= 0.6 is 0 Å². The Morgan fingerprint density at radius 3 is 2.67 bits per heavy atom. The van der Waals surface area contributed by atoms with E-state index in [2.05, 4.69) is 21.9 Å². The van der Waals surface area contributed by atoms with Crippen LogP contribution in [0.2, 0.25) is 0 Å². The summed E-state index contributed by atoms with van der Waals surface area (Å²) >= 11 is 0. The molecule has 0 radical (unpaired) electrons. The van der Waals surface area contributed by atoms with Gasteiger partial charge in [0.15, 0.2) is 0 Å². The van der Waals surface area contributed by atoms with Gasteiger partial charge in [0.25, 0.3) is 11.7 Å². The summed E-state index contributed by atoms with van der Waals surface area (Å²) in [7, 11) is 0. The number of carbonyl (C=O) groups is 3.